The van der Waals surface area contributed by atoms with Gasteiger partial charge in [0.1, 0.15) is 5.69 Å². The fourth-order valence-electron chi connectivity index (χ4n) is 1.89. The van der Waals surface area contributed by atoms with Gasteiger partial charge in [0.15, 0.2) is 0 Å². The molecule has 0 saturated carbocycles. The predicted molar refractivity (Wildman–Crippen MR) is 62.3 cm³/mol. The molecule has 0 saturated heterocycles. The summed E-state index contributed by atoms with van der Waals surface area (Å²) in [6, 6.07) is 1.96. The van der Waals surface area contributed by atoms with Crippen LogP contribution in [0.1, 0.15) is 31.1 Å². The van der Waals surface area contributed by atoms with Gasteiger partial charge in [0.2, 0.25) is 0 Å². The zero-order valence-corrected chi connectivity index (χ0v) is 9.51. The topological polar surface area (TPSA) is 57.8 Å². The molecule has 3 rings (SSSR count). The van der Waals surface area contributed by atoms with Crippen molar-refractivity contribution in [3.63, 3.8) is 0 Å². The maximum absolute atomic E-state index is 12.0. The molecule has 2 heterocycles. The van der Waals surface area contributed by atoms with Crippen molar-refractivity contribution in [2.45, 2.75) is 26.3 Å². The molecule has 0 bridgehead atoms. The van der Waals surface area contributed by atoms with Crippen LogP contribution in [0.5, 0.6) is 0 Å². The molecule has 82 valence electrons. The number of H-pyrrole nitrogens is 1. The molecule has 1 aliphatic heterocycles. The third kappa shape index (κ3) is 1.30. The number of aromatic amines is 1. The number of aromatic nitrogens is 2. The molecule has 0 radical (unpaired) electrons. The highest BCUT2D eigenvalue weighted by atomic mass is 16.1. The third-order valence-electron chi connectivity index (χ3n) is 2.60. The van der Waals surface area contributed by atoms with Crippen LogP contribution in [0.3, 0.4) is 0 Å². The van der Waals surface area contributed by atoms with E-state index in [0.29, 0.717) is 5.56 Å². The minimum Gasteiger partial charge on any atom is -0.359 e. The summed E-state index contributed by atoms with van der Waals surface area (Å²) < 4.78 is 0. The Kier molecular flexibility index (Phi) is 1.55. The number of carbonyl (C=O) groups excluding carboxylic acids is 1. The van der Waals surface area contributed by atoms with E-state index in [0.717, 1.165) is 22.3 Å². The summed E-state index contributed by atoms with van der Waals surface area (Å²) in [7, 11) is 0. The molecular weight excluding hydrogens is 202 g/mol. The molecule has 16 heavy (non-hydrogen) atoms. The van der Waals surface area contributed by atoms with E-state index in [1.54, 1.807) is 6.20 Å². The van der Waals surface area contributed by atoms with Crippen molar-refractivity contribution < 1.29 is 4.79 Å². The Labute approximate surface area is 93.1 Å². The highest BCUT2D eigenvalue weighted by Crippen LogP contribution is 2.38. The van der Waals surface area contributed by atoms with Gasteiger partial charge < -0.3 is 10.3 Å². The maximum Gasteiger partial charge on any atom is 0.253 e. The molecule has 0 atom stereocenters. The van der Waals surface area contributed by atoms with E-state index in [1.165, 1.54) is 0 Å². The molecule has 4 nitrogen and oxygen atoms in total. The lowest BCUT2D eigenvalue weighted by Crippen LogP contribution is -2.40. The van der Waals surface area contributed by atoms with Gasteiger partial charge in [0.05, 0.1) is 16.8 Å². The number of nitrogens with one attached hydrogen (secondary N) is 2. The second-order valence-electron chi connectivity index (χ2n) is 5.19. The largest absolute Gasteiger partial charge is 0.359 e. The van der Waals surface area contributed by atoms with Gasteiger partial charge in [-0.25, -0.2) is 4.98 Å². The fraction of sp³-hybridized carbons (Fsp3) is 0.333. The quantitative estimate of drug-likeness (QED) is 0.653. The number of pyridine rings is 1. The maximum atomic E-state index is 12.0. The van der Waals surface area contributed by atoms with Gasteiger partial charge in [0.25, 0.3) is 5.91 Å². The third-order valence-corrected chi connectivity index (χ3v) is 2.60. The second kappa shape index (κ2) is 2.64. The van der Waals surface area contributed by atoms with Crippen molar-refractivity contribution in [2.24, 2.45) is 0 Å². The Morgan fingerprint density at radius 3 is 2.88 bits per heavy atom. The van der Waals surface area contributed by atoms with Crippen molar-refractivity contribution in [1.29, 1.82) is 0 Å². The van der Waals surface area contributed by atoms with Crippen LogP contribution in [-0.2, 0) is 0 Å². The average Bonchev–Trinajstić information content (AvgIpc) is 2.64. The van der Waals surface area contributed by atoms with Crippen LogP contribution >= 0.6 is 0 Å². The molecular formula is C12H13N3O. The van der Waals surface area contributed by atoms with E-state index in [2.05, 4.69) is 15.3 Å². The Bertz CT molecular complexity index is 604. The van der Waals surface area contributed by atoms with E-state index in [4.69, 9.17) is 0 Å². The van der Waals surface area contributed by atoms with Crippen LogP contribution in [-0.4, -0.2) is 21.4 Å². The first-order valence-corrected chi connectivity index (χ1v) is 5.31. The van der Waals surface area contributed by atoms with Gasteiger partial charge in [-0.05, 0) is 26.8 Å². The van der Waals surface area contributed by atoms with Crippen molar-refractivity contribution in [1.82, 2.24) is 15.3 Å². The Morgan fingerprint density at radius 1 is 1.44 bits per heavy atom. The number of amides is 1. The van der Waals surface area contributed by atoms with Gasteiger partial charge in [-0.1, -0.05) is 0 Å². The number of hydrogen-bond donors (Lipinski definition) is 2. The van der Waals surface area contributed by atoms with Crippen LogP contribution in [0.2, 0.25) is 0 Å². The number of nitrogens with zero attached hydrogens (tertiary/aromatic N) is 1. The minimum atomic E-state index is -0.215. The summed E-state index contributed by atoms with van der Waals surface area (Å²) in [4.78, 5) is 19.3. The zero-order valence-electron chi connectivity index (χ0n) is 9.51. The summed E-state index contributed by atoms with van der Waals surface area (Å²) in [6.07, 6.45) is 1.75. The minimum absolute atomic E-state index is 0.0382. The summed E-state index contributed by atoms with van der Waals surface area (Å²) >= 11 is 0. The molecule has 2 aliphatic rings. The molecule has 4 heteroatoms. The average molecular weight is 215 g/mol. The molecule has 1 aromatic rings. The SMILES string of the molecule is CC(C)(C)NC(=O)c1c[nH]c2c3nc-3cc12. The first kappa shape index (κ1) is 9.39. The van der Waals surface area contributed by atoms with Gasteiger partial charge in [0, 0.05) is 17.1 Å². The Balaban J connectivity index is 1.99. The van der Waals surface area contributed by atoms with E-state index >= 15 is 0 Å². The first-order chi connectivity index (χ1) is 7.46. The van der Waals surface area contributed by atoms with Gasteiger partial charge in [-0.3, -0.25) is 4.79 Å². The van der Waals surface area contributed by atoms with Crippen LogP contribution in [0.25, 0.3) is 22.3 Å². The highest BCUT2D eigenvalue weighted by molar-refractivity contribution is 6.13. The number of carbonyl (C=O) groups is 1. The molecule has 1 aromatic heterocycles. The zero-order chi connectivity index (χ0) is 11.5. The standard InChI is InChI=1S/C12H13N3O/c1-12(2,3)15-11(16)7-5-13-9-6(7)4-8-10(9)14-8/h4-5,13H,1-3H3,(H,15,16). The molecule has 0 unspecified atom stereocenters. The summed E-state index contributed by atoms with van der Waals surface area (Å²) in [5, 5.41) is 3.93. The lowest BCUT2D eigenvalue weighted by molar-refractivity contribution is 0.0921. The summed E-state index contributed by atoms with van der Waals surface area (Å²) in [6.45, 7) is 5.91. The van der Waals surface area contributed by atoms with Gasteiger partial charge in [-0.15, -0.1) is 0 Å². The van der Waals surface area contributed by atoms with Crippen molar-refractivity contribution >= 4 is 16.8 Å². The van der Waals surface area contributed by atoms with Crippen LogP contribution in [0, 0.1) is 0 Å². The smallest absolute Gasteiger partial charge is 0.253 e. The monoisotopic (exact) mass is 215 g/mol. The normalized spacial score (nSPS) is 12.9. The molecule has 1 aliphatic carbocycles. The van der Waals surface area contributed by atoms with Gasteiger partial charge >= 0.3 is 0 Å². The van der Waals surface area contributed by atoms with E-state index in [1.807, 2.05) is 26.8 Å². The summed E-state index contributed by atoms with van der Waals surface area (Å²) in [5.74, 6) is -0.0382. The molecule has 0 aromatic carbocycles. The molecule has 0 spiro atoms. The van der Waals surface area contributed by atoms with Gasteiger partial charge in [-0.2, -0.15) is 0 Å². The highest BCUT2D eigenvalue weighted by Gasteiger charge is 2.26. The molecule has 2 N–H and O–H groups in total. The predicted octanol–water partition coefficient (Wildman–Crippen LogP) is 2.07. The Hall–Kier alpha value is -1.84. The van der Waals surface area contributed by atoms with Crippen molar-refractivity contribution in [2.75, 3.05) is 0 Å². The van der Waals surface area contributed by atoms with E-state index in [9.17, 15) is 4.79 Å². The molecule has 0 fully saturated rings. The number of hydrogen-bond acceptors (Lipinski definition) is 2. The Morgan fingerprint density at radius 2 is 2.19 bits per heavy atom. The lowest BCUT2D eigenvalue weighted by Gasteiger charge is -2.20. The number of fused-ring (bicyclic) bond motifs is 3. The lowest BCUT2D eigenvalue weighted by atomic mass is 10.1. The van der Waals surface area contributed by atoms with Crippen molar-refractivity contribution in [3.8, 4) is 11.4 Å². The number of rotatable bonds is 1. The first-order valence-electron chi connectivity index (χ1n) is 5.31. The fourth-order valence-corrected chi connectivity index (χ4v) is 1.89. The van der Waals surface area contributed by atoms with Crippen LogP contribution < -0.4 is 5.32 Å². The van der Waals surface area contributed by atoms with E-state index < -0.39 is 0 Å². The van der Waals surface area contributed by atoms with Crippen LogP contribution in [0.15, 0.2) is 12.3 Å². The van der Waals surface area contributed by atoms with Crippen LogP contribution in [0.4, 0.5) is 0 Å². The van der Waals surface area contributed by atoms with E-state index in [-0.39, 0.29) is 11.4 Å². The second-order valence-corrected chi connectivity index (χ2v) is 5.19. The molecule has 1 amide bonds. The van der Waals surface area contributed by atoms with Crippen molar-refractivity contribution in [3.05, 3.63) is 17.8 Å². The summed E-state index contributed by atoms with van der Waals surface area (Å²) in [5.41, 5.74) is 3.48.